The number of carbonyl (C=O) groups excluding carboxylic acids is 1. The van der Waals surface area contributed by atoms with Gasteiger partial charge in [-0.3, -0.25) is 4.79 Å². The summed E-state index contributed by atoms with van der Waals surface area (Å²) in [6.45, 7) is 2.22. The van der Waals surface area contributed by atoms with Gasteiger partial charge in [0.15, 0.2) is 0 Å². The predicted molar refractivity (Wildman–Crippen MR) is 99.3 cm³/mol. The smallest absolute Gasteiger partial charge is 0.326 e. The molecule has 1 amide bonds. The van der Waals surface area contributed by atoms with Crippen LogP contribution in [-0.2, 0) is 28.3 Å². The molecule has 1 heterocycles. The Morgan fingerprint density at radius 1 is 1.12 bits per heavy atom. The molecule has 2 unspecified atom stereocenters. The van der Waals surface area contributed by atoms with Crippen LogP contribution in [0.15, 0.2) is 54.6 Å². The van der Waals surface area contributed by atoms with E-state index in [0.717, 1.165) is 22.4 Å². The van der Waals surface area contributed by atoms with E-state index >= 15 is 0 Å². The normalized spacial score (nSPS) is 17.6. The van der Waals surface area contributed by atoms with Crippen LogP contribution in [0.4, 0.5) is 0 Å². The first-order valence-electron chi connectivity index (χ1n) is 8.32. The van der Waals surface area contributed by atoms with Crippen molar-refractivity contribution in [3.63, 3.8) is 0 Å². The summed E-state index contributed by atoms with van der Waals surface area (Å²) in [7, 11) is 0. The number of aliphatic carboxylic acids is 1. The number of carboxylic acid groups (broad SMARTS) is 1. The lowest BCUT2D eigenvalue weighted by molar-refractivity contribution is -0.151. The van der Waals surface area contributed by atoms with E-state index in [-0.39, 0.29) is 11.2 Å². The Bertz CT molecular complexity index is 763. The van der Waals surface area contributed by atoms with E-state index in [1.54, 1.807) is 11.8 Å². The SMILES string of the molecule is CC(SCc1ccccc1)C(=O)N1Cc2ccccc2CC1C(=O)O. The van der Waals surface area contributed by atoms with E-state index in [0.29, 0.717) is 13.0 Å². The molecule has 0 aliphatic carbocycles. The van der Waals surface area contributed by atoms with Crippen LogP contribution in [0.2, 0.25) is 0 Å². The minimum atomic E-state index is -0.942. The van der Waals surface area contributed by atoms with Crippen molar-refractivity contribution in [1.29, 1.82) is 0 Å². The van der Waals surface area contributed by atoms with Gasteiger partial charge in [-0.05, 0) is 23.6 Å². The summed E-state index contributed by atoms with van der Waals surface area (Å²) >= 11 is 1.54. The van der Waals surface area contributed by atoms with Gasteiger partial charge in [0.05, 0.1) is 5.25 Å². The quantitative estimate of drug-likeness (QED) is 0.894. The minimum Gasteiger partial charge on any atom is -0.480 e. The molecule has 2 aromatic rings. The number of fused-ring (bicyclic) bond motifs is 1. The molecule has 1 aliphatic rings. The topological polar surface area (TPSA) is 57.6 Å². The third-order valence-electron chi connectivity index (χ3n) is 4.51. The van der Waals surface area contributed by atoms with Gasteiger partial charge in [-0.15, -0.1) is 11.8 Å². The molecule has 0 spiro atoms. The Labute approximate surface area is 151 Å². The molecule has 5 heteroatoms. The van der Waals surface area contributed by atoms with Gasteiger partial charge in [0, 0.05) is 18.7 Å². The predicted octanol–water partition coefficient (Wildman–Crippen LogP) is 3.35. The summed E-state index contributed by atoms with van der Waals surface area (Å²) in [5.41, 5.74) is 3.21. The Kier molecular flexibility index (Phi) is 5.43. The van der Waals surface area contributed by atoms with Gasteiger partial charge in [-0.25, -0.2) is 4.79 Å². The summed E-state index contributed by atoms with van der Waals surface area (Å²) in [5, 5.41) is 9.29. The third-order valence-corrected chi connectivity index (χ3v) is 5.71. The van der Waals surface area contributed by atoms with E-state index in [2.05, 4.69) is 0 Å². The van der Waals surface area contributed by atoms with Crippen molar-refractivity contribution in [2.75, 3.05) is 0 Å². The van der Waals surface area contributed by atoms with Crippen LogP contribution in [0.5, 0.6) is 0 Å². The minimum absolute atomic E-state index is 0.108. The summed E-state index contributed by atoms with van der Waals surface area (Å²) < 4.78 is 0. The Balaban J connectivity index is 1.71. The fourth-order valence-corrected chi connectivity index (χ4v) is 3.99. The molecule has 4 nitrogen and oxygen atoms in total. The van der Waals surface area contributed by atoms with Gasteiger partial charge in [-0.1, -0.05) is 54.6 Å². The molecular formula is C20H21NO3S. The number of thioether (sulfide) groups is 1. The molecule has 0 radical (unpaired) electrons. The number of hydrogen-bond donors (Lipinski definition) is 1. The highest BCUT2D eigenvalue weighted by Gasteiger charge is 2.36. The van der Waals surface area contributed by atoms with E-state index in [1.807, 2.05) is 61.5 Å². The van der Waals surface area contributed by atoms with Crippen LogP contribution in [-0.4, -0.2) is 33.2 Å². The maximum atomic E-state index is 12.9. The van der Waals surface area contributed by atoms with E-state index < -0.39 is 12.0 Å². The zero-order valence-electron chi connectivity index (χ0n) is 14.1. The Hall–Kier alpha value is -2.27. The Morgan fingerprint density at radius 3 is 2.44 bits per heavy atom. The molecule has 3 rings (SSSR count). The molecule has 25 heavy (non-hydrogen) atoms. The standard InChI is InChI=1S/C20H21NO3S/c1-14(25-13-15-7-3-2-4-8-15)19(22)21-12-17-10-6-5-9-16(17)11-18(21)20(23)24/h2-10,14,18H,11-13H2,1H3,(H,23,24). The lowest BCUT2D eigenvalue weighted by Crippen LogP contribution is -2.50. The molecule has 2 aromatic carbocycles. The van der Waals surface area contributed by atoms with Crippen molar-refractivity contribution >= 4 is 23.6 Å². The van der Waals surface area contributed by atoms with Gasteiger partial charge in [0.1, 0.15) is 6.04 Å². The van der Waals surface area contributed by atoms with Crippen LogP contribution in [0.1, 0.15) is 23.6 Å². The summed E-state index contributed by atoms with van der Waals surface area (Å²) in [6.07, 6.45) is 0.368. The van der Waals surface area contributed by atoms with Crippen LogP contribution < -0.4 is 0 Å². The van der Waals surface area contributed by atoms with Crippen LogP contribution in [0, 0.1) is 0 Å². The third kappa shape index (κ3) is 4.04. The largest absolute Gasteiger partial charge is 0.480 e. The maximum absolute atomic E-state index is 12.9. The second kappa shape index (κ2) is 7.74. The van der Waals surface area contributed by atoms with Crippen molar-refractivity contribution in [3.05, 3.63) is 71.3 Å². The first kappa shape index (κ1) is 17.5. The van der Waals surface area contributed by atoms with Crippen molar-refractivity contribution in [1.82, 2.24) is 4.90 Å². The number of carboxylic acids is 1. The number of carbonyl (C=O) groups is 2. The van der Waals surface area contributed by atoms with E-state index in [4.69, 9.17) is 0 Å². The van der Waals surface area contributed by atoms with Crippen LogP contribution >= 0.6 is 11.8 Å². The van der Waals surface area contributed by atoms with Gasteiger partial charge in [0.2, 0.25) is 5.91 Å². The lowest BCUT2D eigenvalue weighted by Gasteiger charge is -2.35. The average Bonchev–Trinajstić information content (AvgIpc) is 2.65. The number of rotatable bonds is 5. The first-order chi connectivity index (χ1) is 12.1. The van der Waals surface area contributed by atoms with Crippen molar-refractivity contribution < 1.29 is 14.7 Å². The fourth-order valence-electron chi connectivity index (χ4n) is 3.08. The average molecular weight is 355 g/mol. The highest BCUT2D eigenvalue weighted by Crippen LogP contribution is 2.27. The molecule has 0 saturated heterocycles. The van der Waals surface area contributed by atoms with Gasteiger partial charge >= 0.3 is 5.97 Å². The fraction of sp³-hybridized carbons (Fsp3) is 0.300. The zero-order valence-corrected chi connectivity index (χ0v) is 14.9. The van der Waals surface area contributed by atoms with Gasteiger partial charge < -0.3 is 10.0 Å². The lowest BCUT2D eigenvalue weighted by atomic mass is 9.94. The van der Waals surface area contributed by atoms with Crippen LogP contribution in [0.3, 0.4) is 0 Å². The monoisotopic (exact) mass is 355 g/mol. The zero-order chi connectivity index (χ0) is 17.8. The molecular weight excluding hydrogens is 334 g/mol. The molecule has 0 bridgehead atoms. The summed E-state index contributed by atoms with van der Waals surface area (Å²) in [4.78, 5) is 26.1. The number of nitrogens with zero attached hydrogens (tertiary/aromatic N) is 1. The Morgan fingerprint density at radius 2 is 1.76 bits per heavy atom. The highest BCUT2D eigenvalue weighted by molar-refractivity contribution is 7.99. The molecule has 130 valence electrons. The van der Waals surface area contributed by atoms with E-state index in [1.165, 1.54) is 4.90 Å². The van der Waals surface area contributed by atoms with Gasteiger partial charge in [-0.2, -0.15) is 0 Å². The van der Waals surface area contributed by atoms with Crippen LogP contribution in [0.25, 0.3) is 0 Å². The van der Waals surface area contributed by atoms with Crippen molar-refractivity contribution in [3.8, 4) is 0 Å². The molecule has 1 N–H and O–H groups in total. The molecule has 0 fully saturated rings. The summed E-state index contributed by atoms with van der Waals surface area (Å²) in [5.74, 6) is -0.318. The highest BCUT2D eigenvalue weighted by atomic mass is 32.2. The second-order valence-electron chi connectivity index (χ2n) is 6.23. The molecule has 2 atom stereocenters. The molecule has 0 saturated carbocycles. The molecule has 0 aromatic heterocycles. The van der Waals surface area contributed by atoms with E-state index in [9.17, 15) is 14.7 Å². The second-order valence-corrected chi connectivity index (χ2v) is 7.56. The van der Waals surface area contributed by atoms with Crippen molar-refractivity contribution in [2.45, 2.75) is 36.9 Å². The number of hydrogen-bond acceptors (Lipinski definition) is 3. The maximum Gasteiger partial charge on any atom is 0.326 e. The van der Waals surface area contributed by atoms with Gasteiger partial charge in [0.25, 0.3) is 0 Å². The van der Waals surface area contributed by atoms with Crippen molar-refractivity contribution in [2.24, 2.45) is 0 Å². The summed E-state index contributed by atoms with van der Waals surface area (Å²) in [6, 6.07) is 16.9. The molecule has 1 aliphatic heterocycles. The number of amides is 1. The number of benzene rings is 2. The first-order valence-corrected chi connectivity index (χ1v) is 9.36.